The Labute approximate surface area is 130 Å². The van der Waals surface area contributed by atoms with Crippen molar-refractivity contribution in [3.63, 3.8) is 0 Å². The number of carbonyl (C=O) groups excluding carboxylic acids is 1. The second-order valence-corrected chi connectivity index (χ2v) is 5.73. The quantitative estimate of drug-likeness (QED) is 0.848. The van der Waals surface area contributed by atoms with Gasteiger partial charge in [-0.05, 0) is 25.0 Å². The molecule has 1 aromatic carbocycles. The molecule has 1 fully saturated rings. The lowest BCUT2D eigenvalue weighted by atomic mass is 9.83. The third kappa shape index (κ3) is 3.43. The van der Waals surface area contributed by atoms with E-state index in [0.29, 0.717) is 22.9 Å². The van der Waals surface area contributed by atoms with Crippen LogP contribution in [0.25, 0.3) is 0 Å². The van der Waals surface area contributed by atoms with Gasteiger partial charge in [0.1, 0.15) is 17.1 Å². The first kappa shape index (κ1) is 16.0. The van der Waals surface area contributed by atoms with Crippen LogP contribution in [-0.2, 0) is 0 Å². The number of methoxy groups -OCH3 is 2. The monoisotopic (exact) mass is 311 g/mol. The van der Waals surface area contributed by atoms with Crippen LogP contribution in [0, 0.1) is 0 Å². The van der Waals surface area contributed by atoms with E-state index in [1.54, 1.807) is 32.4 Å². The Morgan fingerprint density at radius 3 is 2.24 bits per heavy atom. The van der Waals surface area contributed by atoms with Gasteiger partial charge < -0.3 is 14.8 Å². The summed E-state index contributed by atoms with van der Waals surface area (Å²) >= 11 is 6.14. The average Bonchev–Trinajstić information content (AvgIpc) is 2.54. The van der Waals surface area contributed by atoms with Gasteiger partial charge in [0.2, 0.25) is 0 Å². The van der Waals surface area contributed by atoms with Crippen molar-refractivity contribution in [1.29, 1.82) is 0 Å². The lowest BCUT2D eigenvalue weighted by Gasteiger charge is -2.36. The number of amides is 1. The van der Waals surface area contributed by atoms with Crippen LogP contribution in [0.15, 0.2) is 18.2 Å². The minimum absolute atomic E-state index is 0.188. The van der Waals surface area contributed by atoms with Crippen molar-refractivity contribution in [1.82, 2.24) is 5.32 Å². The van der Waals surface area contributed by atoms with Gasteiger partial charge in [-0.15, -0.1) is 11.6 Å². The van der Waals surface area contributed by atoms with Crippen molar-refractivity contribution in [3.05, 3.63) is 23.8 Å². The molecule has 5 heteroatoms. The highest BCUT2D eigenvalue weighted by molar-refractivity contribution is 6.19. The van der Waals surface area contributed by atoms with Crippen molar-refractivity contribution < 1.29 is 14.3 Å². The molecule has 0 aromatic heterocycles. The number of rotatable bonds is 5. The molecule has 1 saturated carbocycles. The summed E-state index contributed by atoms with van der Waals surface area (Å²) in [5.74, 6) is 1.25. The summed E-state index contributed by atoms with van der Waals surface area (Å²) < 4.78 is 10.6. The molecule has 1 aliphatic carbocycles. The summed E-state index contributed by atoms with van der Waals surface area (Å²) in [6, 6.07) is 5.31. The van der Waals surface area contributed by atoms with Gasteiger partial charge in [0.15, 0.2) is 0 Å². The van der Waals surface area contributed by atoms with E-state index < -0.39 is 0 Å². The largest absolute Gasteiger partial charge is 0.496 e. The molecule has 0 spiro atoms. The molecule has 21 heavy (non-hydrogen) atoms. The third-order valence-electron chi connectivity index (χ3n) is 4.10. The Kier molecular flexibility index (Phi) is 5.34. The fourth-order valence-corrected chi connectivity index (χ4v) is 3.23. The van der Waals surface area contributed by atoms with Gasteiger partial charge in [0.25, 0.3) is 5.91 Å². The van der Waals surface area contributed by atoms with E-state index in [0.717, 1.165) is 25.7 Å². The first-order valence-corrected chi connectivity index (χ1v) is 7.79. The molecule has 0 unspecified atom stereocenters. The maximum atomic E-state index is 12.7. The van der Waals surface area contributed by atoms with Crippen molar-refractivity contribution >= 4 is 17.5 Å². The first-order chi connectivity index (χ1) is 10.2. The zero-order valence-corrected chi connectivity index (χ0v) is 13.3. The SMILES string of the molecule is COc1cccc(OC)c1C(=O)NC1(CCl)CCCCC1. The van der Waals surface area contributed by atoms with E-state index in [-0.39, 0.29) is 11.4 Å². The number of benzene rings is 1. The molecule has 0 atom stereocenters. The molecule has 4 nitrogen and oxygen atoms in total. The average molecular weight is 312 g/mol. The van der Waals surface area contributed by atoms with Crippen LogP contribution in [0.1, 0.15) is 42.5 Å². The van der Waals surface area contributed by atoms with E-state index in [1.165, 1.54) is 6.42 Å². The number of ether oxygens (including phenoxy) is 2. The number of hydrogen-bond acceptors (Lipinski definition) is 3. The molecule has 0 bridgehead atoms. The molecular weight excluding hydrogens is 290 g/mol. The van der Waals surface area contributed by atoms with Crippen molar-refractivity contribution in [2.45, 2.75) is 37.6 Å². The third-order valence-corrected chi connectivity index (χ3v) is 4.61. The highest BCUT2D eigenvalue weighted by Gasteiger charge is 2.34. The maximum Gasteiger partial charge on any atom is 0.259 e. The van der Waals surface area contributed by atoms with Gasteiger partial charge >= 0.3 is 0 Å². The summed E-state index contributed by atoms with van der Waals surface area (Å²) in [5.41, 5.74) is 0.112. The van der Waals surface area contributed by atoms with Crippen LogP contribution in [0.5, 0.6) is 11.5 Å². The second kappa shape index (κ2) is 7.03. The minimum Gasteiger partial charge on any atom is -0.496 e. The highest BCUT2D eigenvalue weighted by Crippen LogP contribution is 2.32. The first-order valence-electron chi connectivity index (χ1n) is 7.25. The predicted molar refractivity (Wildman–Crippen MR) is 83.5 cm³/mol. The summed E-state index contributed by atoms with van der Waals surface area (Å²) in [6.45, 7) is 0. The van der Waals surface area contributed by atoms with E-state index >= 15 is 0 Å². The Morgan fingerprint density at radius 1 is 1.19 bits per heavy atom. The number of alkyl halides is 1. The maximum absolute atomic E-state index is 12.7. The molecule has 0 aliphatic heterocycles. The standard InChI is InChI=1S/C16H22ClNO3/c1-20-12-7-6-8-13(21-2)14(12)15(19)18-16(11-17)9-4-3-5-10-16/h6-8H,3-5,9-11H2,1-2H3,(H,18,19). The molecule has 0 heterocycles. The van der Waals surface area contributed by atoms with Crippen LogP contribution >= 0.6 is 11.6 Å². The van der Waals surface area contributed by atoms with E-state index in [1.807, 2.05) is 0 Å². The fourth-order valence-electron chi connectivity index (χ4n) is 2.90. The van der Waals surface area contributed by atoms with Gasteiger partial charge in [-0.2, -0.15) is 0 Å². The van der Waals surface area contributed by atoms with E-state index in [9.17, 15) is 4.79 Å². The van der Waals surface area contributed by atoms with Crippen LogP contribution in [0.3, 0.4) is 0 Å². The summed E-state index contributed by atoms with van der Waals surface area (Å²) in [5, 5.41) is 3.12. The van der Waals surface area contributed by atoms with Gasteiger partial charge in [0.05, 0.1) is 19.8 Å². The lowest BCUT2D eigenvalue weighted by molar-refractivity contribution is 0.0878. The Balaban J connectivity index is 2.27. The Bertz CT molecular complexity index is 476. The number of hydrogen-bond donors (Lipinski definition) is 1. The zero-order chi connectivity index (χ0) is 15.3. The topological polar surface area (TPSA) is 47.6 Å². The van der Waals surface area contributed by atoms with Gasteiger partial charge in [-0.1, -0.05) is 25.3 Å². The zero-order valence-electron chi connectivity index (χ0n) is 12.6. The molecule has 1 aromatic rings. The predicted octanol–water partition coefficient (Wildman–Crippen LogP) is 3.38. The number of nitrogens with one attached hydrogen (secondary N) is 1. The smallest absolute Gasteiger partial charge is 0.259 e. The van der Waals surface area contributed by atoms with Crippen LogP contribution in [-0.4, -0.2) is 31.5 Å². The van der Waals surface area contributed by atoms with Crippen molar-refractivity contribution in [3.8, 4) is 11.5 Å². The van der Waals surface area contributed by atoms with Crippen molar-refractivity contribution in [2.75, 3.05) is 20.1 Å². The molecule has 0 radical (unpaired) electrons. The van der Waals surface area contributed by atoms with Gasteiger partial charge in [-0.25, -0.2) is 0 Å². The minimum atomic E-state index is -0.317. The van der Waals surface area contributed by atoms with Gasteiger partial charge in [-0.3, -0.25) is 4.79 Å². The summed E-state index contributed by atoms with van der Waals surface area (Å²) in [4.78, 5) is 12.7. The van der Waals surface area contributed by atoms with E-state index in [2.05, 4.69) is 5.32 Å². The molecule has 1 aliphatic rings. The molecule has 116 valence electrons. The summed E-state index contributed by atoms with van der Waals surface area (Å²) in [7, 11) is 3.09. The second-order valence-electron chi connectivity index (χ2n) is 5.47. The molecular formula is C16H22ClNO3. The normalized spacial score (nSPS) is 17.1. The Morgan fingerprint density at radius 2 is 1.76 bits per heavy atom. The molecule has 2 rings (SSSR count). The summed E-state index contributed by atoms with van der Waals surface area (Å²) in [6.07, 6.45) is 5.22. The molecule has 0 saturated heterocycles. The molecule has 1 amide bonds. The number of carbonyl (C=O) groups is 1. The fraction of sp³-hybridized carbons (Fsp3) is 0.562. The number of halogens is 1. The van der Waals surface area contributed by atoms with Crippen LogP contribution in [0.2, 0.25) is 0 Å². The van der Waals surface area contributed by atoms with Crippen molar-refractivity contribution in [2.24, 2.45) is 0 Å². The highest BCUT2D eigenvalue weighted by atomic mass is 35.5. The molecule has 1 N–H and O–H groups in total. The van der Waals surface area contributed by atoms with Crippen LogP contribution in [0.4, 0.5) is 0 Å². The Hall–Kier alpha value is -1.42. The van der Waals surface area contributed by atoms with Crippen LogP contribution < -0.4 is 14.8 Å². The van der Waals surface area contributed by atoms with Gasteiger partial charge in [0, 0.05) is 5.88 Å². The van der Waals surface area contributed by atoms with E-state index in [4.69, 9.17) is 21.1 Å². The lowest BCUT2D eigenvalue weighted by Crippen LogP contribution is -2.51.